The number of hydrogen-bond acceptors (Lipinski definition) is 3. The fourth-order valence-electron chi connectivity index (χ4n) is 3.23. The van der Waals surface area contributed by atoms with Crippen LogP contribution < -0.4 is 10.2 Å². The molecule has 0 saturated carbocycles. The first-order valence-electron chi connectivity index (χ1n) is 8.38. The minimum Gasteiger partial charge on any atom is -0.354 e. The van der Waals surface area contributed by atoms with Crippen LogP contribution >= 0.6 is 11.8 Å². The molecule has 0 bridgehead atoms. The molecular formula is C20H22N2O2S. The summed E-state index contributed by atoms with van der Waals surface area (Å²) in [6, 6.07) is 15.6. The van der Waals surface area contributed by atoms with Crippen molar-refractivity contribution < 1.29 is 9.59 Å². The molecule has 0 aliphatic carbocycles. The van der Waals surface area contributed by atoms with Crippen molar-refractivity contribution in [1.82, 2.24) is 5.32 Å². The Morgan fingerprint density at radius 2 is 1.88 bits per heavy atom. The van der Waals surface area contributed by atoms with Gasteiger partial charge in [0.2, 0.25) is 11.8 Å². The van der Waals surface area contributed by atoms with E-state index in [2.05, 4.69) is 35.8 Å². The van der Waals surface area contributed by atoms with Crippen LogP contribution in [0.15, 0.2) is 53.4 Å². The van der Waals surface area contributed by atoms with Crippen LogP contribution in [0.2, 0.25) is 0 Å². The molecule has 2 amide bonds. The molecule has 1 atom stereocenters. The number of nitrogens with zero attached hydrogens (tertiary/aromatic N) is 1. The summed E-state index contributed by atoms with van der Waals surface area (Å²) in [4.78, 5) is 27.5. The van der Waals surface area contributed by atoms with Gasteiger partial charge < -0.3 is 5.32 Å². The summed E-state index contributed by atoms with van der Waals surface area (Å²) in [6.07, 6.45) is 3.40. The summed E-state index contributed by atoms with van der Waals surface area (Å²) in [5.41, 5.74) is 3.09. The highest BCUT2D eigenvalue weighted by molar-refractivity contribution is 7.98. The minimum atomic E-state index is -0.450. The van der Waals surface area contributed by atoms with Crippen LogP contribution in [0.1, 0.15) is 18.1 Å². The van der Waals surface area contributed by atoms with Crippen molar-refractivity contribution in [3.8, 4) is 0 Å². The van der Waals surface area contributed by atoms with Gasteiger partial charge in [0.05, 0.1) is 0 Å². The smallest absolute Gasteiger partial charge is 0.243 e. The Morgan fingerprint density at radius 1 is 1.16 bits per heavy atom. The fraction of sp³-hybridized carbons (Fsp3) is 0.300. The Balaban J connectivity index is 1.60. The highest BCUT2D eigenvalue weighted by Crippen LogP contribution is 2.32. The van der Waals surface area contributed by atoms with E-state index in [1.807, 2.05) is 24.3 Å². The molecule has 2 aromatic carbocycles. The van der Waals surface area contributed by atoms with Crippen molar-refractivity contribution in [1.29, 1.82) is 0 Å². The summed E-state index contributed by atoms with van der Waals surface area (Å²) in [5.74, 6) is -0.190. The quantitative estimate of drug-likeness (QED) is 0.840. The predicted molar refractivity (Wildman–Crippen MR) is 102 cm³/mol. The molecule has 1 N–H and O–H groups in total. The zero-order valence-electron chi connectivity index (χ0n) is 14.5. The number of nitrogens with one attached hydrogen (secondary N) is 1. The molecule has 0 spiro atoms. The van der Waals surface area contributed by atoms with Crippen LogP contribution in [0.4, 0.5) is 5.69 Å². The Bertz CT molecular complexity index is 774. The average Bonchev–Trinajstić information content (AvgIpc) is 3.02. The van der Waals surface area contributed by atoms with Gasteiger partial charge in [-0.1, -0.05) is 30.3 Å². The third kappa shape index (κ3) is 3.87. The Morgan fingerprint density at radius 3 is 2.56 bits per heavy atom. The van der Waals surface area contributed by atoms with Crippen molar-refractivity contribution in [2.75, 3.05) is 17.7 Å². The SMILES string of the molecule is CSc1ccc(CCNC(=O)[C@@H]2Cc3ccccc3N2C(C)=O)cc1. The van der Waals surface area contributed by atoms with E-state index in [0.717, 1.165) is 17.7 Å². The zero-order chi connectivity index (χ0) is 17.8. The van der Waals surface area contributed by atoms with Gasteiger partial charge in [0.15, 0.2) is 0 Å². The lowest BCUT2D eigenvalue weighted by Gasteiger charge is -2.23. The number of thioether (sulfide) groups is 1. The molecule has 3 rings (SSSR count). The molecule has 0 fully saturated rings. The summed E-state index contributed by atoms with van der Waals surface area (Å²) in [7, 11) is 0. The van der Waals surface area contributed by atoms with E-state index in [4.69, 9.17) is 0 Å². The maximum Gasteiger partial charge on any atom is 0.243 e. The second-order valence-corrected chi connectivity index (χ2v) is 7.01. The molecule has 0 unspecified atom stereocenters. The van der Waals surface area contributed by atoms with Crippen LogP contribution in [0, 0.1) is 0 Å². The van der Waals surface area contributed by atoms with Gasteiger partial charge in [-0.3, -0.25) is 14.5 Å². The van der Waals surface area contributed by atoms with Gasteiger partial charge in [-0.25, -0.2) is 0 Å². The van der Waals surface area contributed by atoms with E-state index in [0.29, 0.717) is 13.0 Å². The lowest BCUT2D eigenvalue weighted by molar-refractivity contribution is -0.125. The Labute approximate surface area is 152 Å². The third-order valence-electron chi connectivity index (χ3n) is 4.49. The molecule has 0 saturated heterocycles. The zero-order valence-corrected chi connectivity index (χ0v) is 15.3. The van der Waals surface area contributed by atoms with Gasteiger partial charge in [0.1, 0.15) is 6.04 Å². The number of rotatable bonds is 5. The lowest BCUT2D eigenvalue weighted by Crippen LogP contribution is -2.47. The number of hydrogen-bond donors (Lipinski definition) is 1. The first-order chi connectivity index (χ1) is 12.1. The normalized spacial score (nSPS) is 15.8. The van der Waals surface area contributed by atoms with Gasteiger partial charge in [-0.15, -0.1) is 11.8 Å². The van der Waals surface area contributed by atoms with Crippen molar-refractivity contribution in [3.05, 3.63) is 59.7 Å². The van der Waals surface area contributed by atoms with Gasteiger partial charge >= 0.3 is 0 Å². The van der Waals surface area contributed by atoms with Crippen LogP contribution in [0.5, 0.6) is 0 Å². The van der Waals surface area contributed by atoms with Crippen molar-refractivity contribution in [3.63, 3.8) is 0 Å². The van der Waals surface area contributed by atoms with Crippen molar-refractivity contribution >= 4 is 29.3 Å². The maximum absolute atomic E-state index is 12.6. The van der Waals surface area contributed by atoms with Crippen LogP contribution in [0.25, 0.3) is 0 Å². The topological polar surface area (TPSA) is 49.4 Å². The standard InChI is InChI=1S/C20H22N2O2S/c1-14(23)22-18-6-4-3-5-16(18)13-19(22)20(24)21-12-11-15-7-9-17(25-2)10-8-15/h3-10,19H,11-13H2,1-2H3,(H,21,24)/t19-/m0/s1. The third-order valence-corrected chi connectivity index (χ3v) is 5.23. The van der Waals surface area contributed by atoms with Crippen LogP contribution in [0.3, 0.4) is 0 Å². The Hall–Kier alpha value is -2.27. The number of carbonyl (C=O) groups is 2. The lowest BCUT2D eigenvalue weighted by atomic mass is 10.1. The number of anilines is 1. The molecular weight excluding hydrogens is 332 g/mol. The van der Waals surface area contributed by atoms with Crippen LogP contribution in [-0.4, -0.2) is 30.7 Å². The predicted octanol–water partition coefficient (Wildman–Crippen LogP) is 3.05. The number of para-hydroxylation sites is 1. The molecule has 1 aliphatic rings. The van der Waals surface area contributed by atoms with Crippen molar-refractivity contribution in [2.45, 2.75) is 30.7 Å². The summed E-state index contributed by atoms with van der Waals surface area (Å²) in [6.45, 7) is 2.08. The Kier molecular flexibility index (Phi) is 5.43. The highest BCUT2D eigenvalue weighted by Gasteiger charge is 2.36. The van der Waals surface area contributed by atoms with E-state index in [1.54, 1.807) is 16.7 Å². The summed E-state index contributed by atoms with van der Waals surface area (Å²) >= 11 is 1.71. The van der Waals surface area contributed by atoms with Gasteiger partial charge in [-0.2, -0.15) is 0 Å². The van der Waals surface area contributed by atoms with E-state index < -0.39 is 6.04 Å². The molecule has 1 heterocycles. The van der Waals surface area contributed by atoms with Crippen LogP contribution in [-0.2, 0) is 22.4 Å². The van der Waals surface area contributed by atoms with Crippen molar-refractivity contribution in [2.24, 2.45) is 0 Å². The summed E-state index contributed by atoms with van der Waals surface area (Å²) < 4.78 is 0. The maximum atomic E-state index is 12.6. The first kappa shape index (κ1) is 17.5. The second kappa shape index (κ2) is 7.74. The highest BCUT2D eigenvalue weighted by atomic mass is 32.2. The van der Waals surface area contributed by atoms with Gasteiger partial charge in [0, 0.05) is 30.5 Å². The fourth-order valence-corrected chi connectivity index (χ4v) is 3.63. The molecule has 25 heavy (non-hydrogen) atoms. The van der Waals surface area contributed by atoms with E-state index in [9.17, 15) is 9.59 Å². The average molecular weight is 354 g/mol. The van der Waals surface area contributed by atoms with E-state index >= 15 is 0 Å². The minimum absolute atomic E-state index is 0.0906. The summed E-state index contributed by atoms with van der Waals surface area (Å²) in [5, 5.41) is 2.98. The molecule has 130 valence electrons. The van der Waals surface area contributed by atoms with Gasteiger partial charge in [-0.05, 0) is 42.0 Å². The number of fused-ring (bicyclic) bond motifs is 1. The number of carbonyl (C=O) groups excluding carboxylic acids is 2. The monoisotopic (exact) mass is 354 g/mol. The van der Waals surface area contributed by atoms with Gasteiger partial charge in [0.25, 0.3) is 0 Å². The van der Waals surface area contributed by atoms with E-state index in [1.165, 1.54) is 17.4 Å². The molecule has 0 aromatic heterocycles. The molecule has 0 radical (unpaired) electrons. The molecule has 1 aliphatic heterocycles. The molecule has 2 aromatic rings. The second-order valence-electron chi connectivity index (χ2n) is 6.13. The molecule has 4 nitrogen and oxygen atoms in total. The molecule has 5 heteroatoms. The first-order valence-corrected chi connectivity index (χ1v) is 9.61. The number of benzene rings is 2. The number of amides is 2. The van der Waals surface area contributed by atoms with E-state index in [-0.39, 0.29) is 11.8 Å². The largest absolute Gasteiger partial charge is 0.354 e.